The van der Waals surface area contributed by atoms with Gasteiger partial charge in [0, 0.05) is 5.69 Å². The molecule has 20 heavy (non-hydrogen) atoms. The van der Waals surface area contributed by atoms with E-state index in [0.29, 0.717) is 11.5 Å². The largest absolute Gasteiger partial charge is 0.275 e. The molecule has 0 aliphatic carbocycles. The highest BCUT2D eigenvalue weighted by molar-refractivity contribution is 6.33. The Morgan fingerprint density at radius 3 is 2.60 bits per heavy atom. The van der Waals surface area contributed by atoms with Crippen LogP contribution in [0.15, 0.2) is 18.2 Å². The van der Waals surface area contributed by atoms with E-state index in [9.17, 15) is 4.39 Å². The Labute approximate surface area is 124 Å². The van der Waals surface area contributed by atoms with Gasteiger partial charge < -0.3 is 0 Å². The van der Waals surface area contributed by atoms with Gasteiger partial charge in [-0.1, -0.05) is 29.3 Å². The molecule has 1 aromatic carbocycles. The SMILES string of the molecule is Cc1nc(Cl)c2nnc(-c3c(F)cccc3Cl)n2c1C. The van der Waals surface area contributed by atoms with Crippen LogP contribution in [0.3, 0.4) is 0 Å². The van der Waals surface area contributed by atoms with Crippen molar-refractivity contribution in [3.63, 3.8) is 0 Å². The van der Waals surface area contributed by atoms with Gasteiger partial charge in [0.05, 0.1) is 16.3 Å². The summed E-state index contributed by atoms with van der Waals surface area (Å²) in [5, 5.41) is 8.48. The molecular weight excluding hydrogens is 302 g/mol. The van der Waals surface area contributed by atoms with Crippen molar-refractivity contribution in [2.75, 3.05) is 0 Å². The molecule has 0 unspecified atom stereocenters. The zero-order valence-electron chi connectivity index (χ0n) is 10.7. The first kappa shape index (κ1) is 13.3. The smallest absolute Gasteiger partial charge is 0.199 e. The zero-order valence-corrected chi connectivity index (χ0v) is 12.2. The monoisotopic (exact) mass is 310 g/mol. The highest BCUT2D eigenvalue weighted by Gasteiger charge is 2.20. The summed E-state index contributed by atoms with van der Waals surface area (Å²) in [5.74, 6) is -0.148. The van der Waals surface area contributed by atoms with E-state index in [0.717, 1.165) is 11.4 Å². The molecule has 0 aliphatic heterocycles. The number of benzene rings is 1. The van der Waals surface area contributed by atoms with Crippen LogP contribution in [-0.4, -0.2) is 19.6 Å². The van der Waals surface area contributed by atoms with Crippen molar-refractivity contribution in [2.45, 2.75) is 13.8 Å². The van der Waals surface area contributed by atoms with Crippen molar-refractivity contribution >= 4 is 28.8 Å². The Morgan fingerprint density at radius 1 is 1.15 bits per heavy atom. The van der Waals surface area contributed by atoms with Crippen LogP contribution < -0.4 is 0 Å². The molecule has 0 atom stereocenters. The number of fused-ring (bicyclic) bond motifs is 1. The highest BCUT2D eigenvalue weighted by Crippen LogP contribution is 2.31. The van der Waals surface area contributed by atoms with Crippen molar-refractivity contribution in [1.29, 1.82) is 0 Å². The Bertz CT molecular complexity index is 809. The summed E-state index contributed by atoms with van der Waals surface area (Å²) in [6, 6.07) is 4.47. The molecule has 0 N–H and O–H groups in total. The molecule has 3 aromatic rings. The topological polar surface area (TPSA) is 43.1 Å². The van der Waals surface area contributed by atoms with Crippen LogP contribution in [0.25, 0.3) is 17.0 Å². The van der Waals surface area contributed by atoms with Gasteiger partial charge in [-0.25, -0.2) is 9.37 Å². The number of hydrogen-bond acceptors (Lipinski definition) is 3. The Balaban J connectivity index is 2.45. The number of nitrogens with zero attached hydrogens (tertiary/aromatic N) is 4. The van der Waals surface area contributed by atoms with E-state index < -0.39 is 5.82 Å². The molecule has 0 spiro atoms. The number of aromatic nitrogens is 4. The van der Waals surface area contributed by atoms with Gasteiger partial charge in [-0.15, -0.1) is 10.2 Å². The van der Waals surface area contributed by atoms with Crippen molar-refractivity contribution in [3.8, 4) is 11.4 Å². The second-order valence-corrected chi connectivity index (χ2v) is 5.12. The second kappa shape index (κ2) is 4.68. The number of hydrogen-bond donors (Lipinski definition) is 0. The quantitative estimate of drug-likeness (QED) is 0.685. The van der Waals surface area contributed by atoms with Gasteiger partial charge in [-0.3, -0.25) is 4.40 Å². The lowest BCUT2D eigenvalue weighted by Gasteiger charge is -2.08. The first-order chi connectivity index (χ1) is 9.50. The van der Waals surface area contributed by atoms with Gasteiger partial charge in [0.1, 0.15) is 5.82 Å². The molecule has 2 aromatic heterocycles. The van der Waals surface area contributed by atoms with Gasteiger partial charge in [0.2, 0.25) is 0 Å². The van der Waals surface area contributed by atoms with Crippen molar-refractivity contribution in [2.24, 2.45) is 0 Å². The normalized spacial score (nSPS) is 11.2. The molecule has 0 saturated carbocycles. The fourth-order valence-electron chi connectivity index (χ4n) is 2.05. The van der Waals surface area contributed by atoms with Crippen LogP contribution in [0.1, 0.15) is 11.4 Å². The van der Waals surface area contributed by atoms with E-state index in [1.165, 1.54) is 12.1 Å². The fraction of sp³-hybridized carbons (Fsp3) is 0.154. The second-order valence-electron chi connectivity index (χ2n) is 4.35. The van der Waals surface area contributed by atoms with Crippen LogP contribution in [0, 0.1) is 19.7 Å². The van der Waals surface area contributed by atoms with Crippen LogP contribution in [0.2, 0.25) is 10.2 Å². The summed E-state index contributed by atoms with van der Waals surface area (Å²) >= 11 is 12.1. The molecule has 102 valence electrons. The summed E-state index contributed by atoms with van der Waals surface area (Å²) in [6.07, 6.45) is 0. The van der Waals surface area contributed by atoms with Crippen molar-refractivity contribution in [3.05, 3.63) is 45.6 Å². The standard InChI is InChI=1S/C13H9Cl2FN4/c1-6-7(2)20-12(18-19-13(20)11(15)17-6)10-8(14)4-3-5-9(10)16/h3-5H,1-2H3. The average molecular weight is 311 g/mol. The van der Waals surface area contributed by atoms with Gasteiger partial charge in [-0.05, 0) is 26.0 Å². The van der Waals surface area contributed by atoms with E-state index in [4.69, 9.17) is 23.2 Å². The molecule has 7 heteroatoms. The minimum absolute atomic E-state index is 0.200. The van der Waals surface area contributed by atoms with E-state index in [-0.39, 0.29) is 15.7 Å². The van der Waals surface area contributed by atoms with E-state index in [1.807, 2.05) is 13.8 Å². The maximum atomic E-state index is 14.1. The van der Waals surface area contributed by atoms with Gasteiger partial charge >= 0.3 is 0 Å². The van der Waals surface area contributed by atoms with Gasteiger partial charge in [-0.2, -0.15) is 0 Å². The molecular formula is C13H9Cl2FN4. The number of aryl methyl sites for hydroxylation is 2. The van der Waals surface area contributed by atoms with Gasteiger partial charge in [0.25, 0.3) is 0 Å². The Hall–Kier alpha value is -1.72. The third-order valence-electron chi connectivity index (χ3n) is 3.16. The lowest BCUT2D eigenvalue weighted by atomic mass is 10.2. The molecule has 3 rings (SSSR count). The van der Waals surface area contributed by atoms with E-state index in [1.54, 1.807) is 10.5 Å². The van der Waals surface area contributed by atoms with Crippen LogP contribution >= 0.6 is 23.2 Å². The third kappa shape index (κ3) is 1.85. The molecule has 0 saturated heterocycles. The summed E-state index contributed by atoms with van der Waals surface area (Å²) in [5.41, 5.74) is 2.08. The molecule has 0 radical (unpaired) electrons. The first-order valence-corrected chi connectivity index (χ1v) is 6.58. The molecule has 2 heterocycles. The summed E-state index contributed by atoms with van der Waals surface area (Å²) in [6.45, 7) is 3.65. The predicted octanol–water partition coefficient (Wildman–Crippen LogP) is 3.85. The minimum atomic E-state index is -0.461. The first-order valence-electron chi connectivity index (χ1n) is 5.83. The lowest BCUT2D eigenvalue weighted by Crippen LogP contribution is -2.02. The molecule has 0 fully saturated rings. The molecule has 4 nitrogen and oxygen atoms in total. The summed E-state index contributed by atoms with van der Waals surface area (Å²) in [7, 11) is 0. The van der Waals surface area contributed by atoms with Crippen LogP contribution in [0.4, 0.5) is 4.39 Å². The van der Waals surface area contributed by atoms with Crippen LogP contribution in [0.5, 0.6) is 0 Å². The molecule has 0 aliphatic rings. The fourth-order valence-corrected chi connectivity index (χ4v) is 2.55. The maximum Gasteiger partial charge on any atom is 0.199 e. The Morgan fingerprint density at radius 2 is 1.90 bits per heavy atom. The number of rotatable bonds is 1. The molecule has 0 amide bonds. The third-order valence-corrected chi connectivity index (χ3v) is 3.73. The predicted molar refractivity (Wildman–Crippen MR) is 75.7 cm³/mol. The summed E-state index contributed by atoms with van der Waals surface area (Å²) in [4.78, 5) is 4.17. The highest BCUT2D eigenvalue weighted by atomic mass is 35.5. The average Bonchev–Trinajstić information content (AvgIpc) is 2.81. The number of halogens is 3. The van der Waals surface area contributed by atoms with E-state index >= 15 is 0 Å². The maximum absolute atomic E-state index is 14.1. The summed E-state index contributed by atoms with van der Waals surface area (Å²) < 4.78 is 15.7. The van der Waals surface area contributed by atoms with Crippen molar-refractivity contribution in [1.82, 2.24) is 19.6 Å². The Kier molecular flexibility index (Phi) is 3.11. The zero-order chi connectivity index (χ0) is 14.4. The van der Waals surface area contributed by atoms with E-state index in [2.05, 4.69) is 15.2 Å². The van der Waals surface area contributed by atoms with Crippen LogP contribution in [-0.2, 0) is 0 Å². The van der Waals surface area contributed by atoms with Crippen molar-refractivity contribution < 1.29 is 4.39 Å². The molecule has 0 bridgehead atoms. The van der Waals surface area contributed by atoms with Gasteiger partial charge in [0.15, 0.2) is 16.6 Å². The lowest BCUT2D eigenvalue weighted by molar-refractivity contribution is 0.629. The minimum Gasteiger partial charge on any atom is -0.275 e.